The van der Waals surface area contributed by atoms with E-state index in [1.165, 1.54) is 119 Å². The van der Waals surface area contributed by atoms with Gasteiger partial charge in [0, 0.05) is 45.1 Å². The summed E-state index contributed by atoms with van der Waals surface area (Å²) in [6, 6.07) is 65.5. The SMILES string of the molecule is CC1(C)CCC(C)(C)c2cc(N3c4cc5c(cc4B4c6cc7c(cc6N(c6ccccc6-c6ccccc6)c6cccc3c64)C(C)(C)CCC7(C)C)C(C)(C)c3ccccc3N5c3ccccc3)ccc21. The quantitative estimate of drug-likeness (QED) is 0.163. The van der Waals surface area contributed by atoms with Gasteiger partial charge in [-0.05, 0) is 163 Å². The zero-order valence-corrected chi connectivity index (χ0v) is 43.4. The van der Waals surface area contributed by atoms with Crippen molar-refractivity contribution in [2.24, 2.45) is 0 Å². The van der Waals surface area contributed by atoms with E-state index >= 15 is 0 Å². The largest absolute Gasteiger partial charge is 0.311 e. The summed E-state index contributed by atoms with van der Waals surface area (Å²) in [6.45, 7) is 24.6. The highest BCUT2D eigenvalue weighted by Crippen LogP contribution is 2.56. The molecule has 0 N–H and O–H groups in total. The summed E-state index contributed by atoms with van der Waals surface area (Å²) < 4.78 is 0. The molecule has 3 aliphatic heterocycles. The van der Waals surface area contributed by atoms with Gasteiger partial charge in [0.2, 0.25) is 0 Å². The van der Waals surface area contributed by atoms with E-state index in [1.54, 1.807) is 0 Å². The molecule has 2 aliphatic carbocycles. The number of rotatable bonds is 4. The van der Waals surface area contributed by atoms with Gasteiger partial charge >= 0.3 is 0 Å². The molecule has 8 aromatic carbocycles. The van der Waals surface area contributed by atoms with Gasteiger partial charge in [-0.1, -0.05) is 178 Å². The number of hydrogen-bond acceptors (Lipinski definition) is 3. The zero-order chi connectivity index (χ0) is 49.0. The molecular formula is C67H66BN3. The highest BCUT2D eigenvalue weighted by molar-refractivity contribution is 7.00. The molecule has 0 saturated heterocycles. The summed E-state index contributed by atoms with van der Waals surface area (Å²) in [4.78, 5) is 7.86. The lowest BCUT2D eigenvalue weighted by molar-refractivity contribution is 0.332. The van der Waals surface area contributed by atoms with Gasteiger partial charge in [-0.15, -0.1) is 0 Å². The van der Waals surface area contributed by atoms with Gasteiger partial charge in [0.1, 0.15) is 0 Å². The van der Waals surface area contributed by atoms with Crippen LogP contribution >= 0.6 is 0 Å². The van der Waals surface area contributed by atoms with Crippen molar-refractivity contribution in [3.8, 4) is 11.1 Å². The van der Waals surface area contributed by atoms with E-state index in [4.69, 9.17) is 0 Å². The van der Waals surface area contributed by atoms with Crippen LogP contribution in [-0.4, -0.2) is 6.71 Å². The van der Waals surface area contributed by atoms with Crippen molar-refractivity contribution in [2.45, 2.75) is 122 Å². The number of benzene rings is 8. The predicted molar refractivity (Wildman–Crippen MR) is 303 cm³/mol. The minimum absolute atomic E-state index is 0.0230. The topological polar surface area (TPSA) is 9.72 Å². The first-order valence-electron chi connectivity index (χ1n) is 26.3. The van der Waals surface area contributed by atoms with Gasteiger partial charge in [-0.3, -0.25) is 0 Å². The Kier molecular flexibility index (Phi) is 9.41. The van der Waals surface area contributed by atoms with E-state index < -0.39 is 0 Å². The first-order chi connectivity index (χ1) is 34.0. The number of nitrogens with zero attached hydrogens (tertiary/aromatic N) is 3. The lowest BCUT2D eigenvalue weighted by Gasteiger charge is -2.49. The maximum Gasteiger partial charge on any atom is 0.252 e. The average Bonchev–Trinajstić information content (AvgIpc) is 3.37. The molecule has 0 atom stereocenters. The molecule has 0 saturated carbocycles. The Bertz CT molecular complexity index is 3490. The monoisotopic (exact) mass is 924 g/mol. The molecule has 352 valence electrons. The fraction of sp³-hybridized carbons (Fsp3) is 0.284. The Balaban J connectivity index is 1.16. The van der Waals surface area contributed by atoms with Crippen LogP contribution in [0.3, 0.4) is 0 Å². The minimum atomic E-state index is -0.279. The van der Waals surface area contributed by atoms with Gasteiger partial charge in [0.05, 0.1) is 17.1 Å². The third-order valence-corrected chi connectivity index (χ3v) is 18.2. The molecule has 0 aromatic heterocycles. The van der Waals surface area contributed by atoms with Crippen LogP contribution in [0.25, 0.3) is 11.1 Å². The lowest BCUT2D eigenvalue weighted by Crippen LogP contribution is -2.62. The Hall–Kier alpha value is -6.78. The molecule has 0 bridgehead atoms. The number of hydrogen-bond donors (Lipinski definition) is 0. The van der Waals surface area contributed by atoms with Crippen molar-refractivity contribution in [3.63, 3.8) is 0 Å². The molecule has 0 amide bonds. The van der Waals surface area contributed by atoms with Crippen LogP contribution < -0.4 is 31.1 Å². The summed E-state index contributed by atoms with van der Waals surface area (Å²) in [5.41, 5.74) is 26.3. The molecule has 0 radical (unpaired) electrons. The van der Waals surface area contributed by atoms with Gasteiger partial charge in [0.25, 0.3) is 6.71 Å². The van der Waals surface area contributed by atoms with E-state index in [1.807, 2.05) is 0 Å². The Morgan fingerprint density at radius 1 is 0.324 bits per heavy atom. The van der Waals surface area contributed by atoms with E-state index in [9.17, 15) is 0 Å². The van der Waals surface area contributed by atoms with Crippen molar-refractivity contribution >= 4 is 74.3 Å². The molecule has 3 heterocycles. The standard InChI is InChI=1S/C67H66BN3/c1-63(2)34-35-64(3,4)49-38-45(32-33-47(49)63)70-57-30-21-31-58-62(57)68(54-40-52-59(42-61(54)70)69(44-24-15-12-16-25-44)56-29-20-18-27-48(56)67(52,9)10)53-39-50-51(66(7,8)37-36-65(50,5)6)41-60(53)71(58)55-28-19-17-26-46(55)43-22-13-11-14-23-43/h11-33,38-42H,34-37H2,1-10H3. The van der Waals surface area contributed by atoms with Gasteiger partial charge < -0.3 is 14.7 Å². The zero-order valence-electron chi connectivity index (χ0n) is 43.4. The summed E-state index contributed by atoms with van der Waals surface area (Å²) >= 11 is 0. The number of fused-ring (bicyclic) bond motifs is 8. The van der Waals surface area contributed by atoms with Crippen LogP contribution in [-0.2, 0) is 27.1 Å². The Morgan fingerprint density at radius 2 is 0.817 bits per heavy atom. The maximum absolute atomic E-state index is 2.69. The second-order valence-corrected chi connectivity index (χ2v) is 24.7. The summed E-state index contributed by atoms with van der Waals surface area (Å²) in [6.07, 6.45) is 4.66. The molecule has 0 unspecified atom stereocenters. The average molecular weight is 924 g/mol. The second-order valence-electron chi connectivity index (χ2n) is 24.7. The summed E-state index contributed by atoms with van der Waals surface area (Å²) in [5.74, 6) is 0. The molecule has 4 heteroatoms. The first kappa shape index (κ1) is 44.2. The first-order valence-corrected chi connectivity index (χ1v) is 26.3. The van der Waals surface area contributed by atoms with E-state index in [-0.39, 0.29) is 33.8 Å². The van der Waals surface area contributed by atoms with E-state index in [0.29, 0.717) is 0 Å². The maximum atomic E-state index is 2.69. The fourth-order valence-electron chi connectivity index (χ4n) is 13.8. The molecule has 0 fully saturated rings. The van der Waals surface area contributed by atoms with Gasteiger partial charge in [0.15, 0.2) is 0 Å². The van der Waals surface area contributed by atoms with Crippen molar-refractivity contribution in [2.75, 3.05) is 14.7 Å². The van der Waals surface area contributed by atoms with Crippen molar-refractivity contribution < 1.29 is 0 Å². The van der Waals surface area contributed by atoms with Gasteiger partial charge in [-0.2, -0.15) is 0 Å². The van der Waals surface area contributed by atoms with Crippen molar-refractivity contribution in [3.05, 3.63) is 203 Å². The van der Waals surface area contributed by atoms with Crippen molar-refractivity contribution in [1.82, 2.24) is 0 Å². The second kappa shape index (κ2) is 15.1. The predicted octanol–water partition coefficient (Wildman–Crippen LogP) is 16.2. The molecular weight excluding hydrogens is 858 g/mol. The lowest BCUT2D eigenvalue weighted by atomic mass is 9.33. The normalized spacial score (nSPS) is 18.8. The molecule has 13 rings (SSSR count). The van der Waals surface area contributed by atoms with Crippen molar-refractivity contribution in [1.29, 1.82) is 0 Å². The Morgan fingerprint density at radius 3 is 1.49 bits per heavy atom. The molecule has 71 heavy (non-hydrogen) atoms. The summed E-state index contributed by atoms with van der Waals surface area (Å²) in [7, 11) is 0. The minimum Gasteiger partial charge on any atom is -0.311 e. The van der Waals surface area contributed by atoms with Crippen LogP contribution in [0.2, 0.25) is 0 Å². The third kappa shape index (κ3) is 6.41. The van der Waals surface area contributed by atoms with E-state index in [2.05, 4.69) is 254 Å². The summed E-state index contributed by atoms with van der Waals surface area (Å²) in [5, 5.41) is 0. The van der Waals surface area contributed by atoms with Crippen LogP contribution in [0, 0.1) is 0 Å². The highest BCUT2D eigenvalue weighted by atomic mass is 15.2. The molecule has 3 nitrogen and oxygen atoms in total. The Labute approximate surface area is 423 Å². The van der Waals surface area contributed by atoms with Crippen LogP contribution in [0.5, 0.6) is 0 Å². The highest BCUT2D eigenvalue weighted by Gasteiger charge is 2.49. The number of anilines is 9. The van der Waals surface area contributed by atoms with Crippen LogP contribution in [0.15, 0.2) is 170 Å². The molecule has 0 spiro atoms. The number of para-hydroxylation sites is 3. The van der Waals surface area contributed by atoms with Gasteiger partial charge in [-0.25, -0.2) is 0 Å². The van der Waals surface area contributed by atoms with Crippen LogP contribution in [0.4, 0.5) is 51.2 Å². The molecule has 5 aliphatic rings. The fourth-order valence-corrected chi connectivity index (χ4v) is 13.8. The molecule has 8 aromatic rings. The van der Waals surface area contributed by atoms with Crippen LogP contribution in [0.1, 0.15) is 128 Å². The smallest absolute Gasteiger partial charge is 0.252 e. The third-order valence-electron chi connectivity index (χ3n) is 18.2. The van der Waals surface area contributed by atoms with E-state index in [0.717, 1.165) is 19.3 Å².